The second-order valence-corrected chi connectivity index (χ2v) is 5.49. The molecule has 4 heteroatoms. The molecular weight excluding hydrogens is 289 g/mol. The first-order chi connectivity index (χ1) is 10.0. The number of benzene rings is 2. The minimum Gasteiger partial charge on any atom is -0.497 e. The number of nitrogens with one attached hydrogen (secondary N) is 1. The number of hydrogen-bond acceptors (Lipinski definition) is 2. The fourth-order valence-electron chi connectivity index (χ4n) is 2.30. The topological polar surface area (TPSA) is 21.3 Å². The molecular formula is C17H19ClFNO. The lowest BCUT2D eigenvalue weighted by molar-refractivity contribution is 0.408. The van der Waals surface area contributed by atoms with E-state index in [9.17, 15) is 4.39 Å². The van der Waals surface area contributed by atoms with Gasteiger partial charge in [-0.05, 0) is 37.6 Å². The first-order valence-corrected chi connectivity index (χ1v) is 7.24. The molecule has 21 heavy (non-hydrogen) atoms. The normalized spacial score (nSPS) is 13.8. The van der Waals surface area contributed by atoms with Crippen molar-refractivity contribution in [2.24, 2.45) is 0 Å². The first kappa shape index (κ1) is 15.8. The number of methoxy groups -OCH3 is 1. The number of hydrogen-bond donors (Lipinski definition) is 1. The van der Waals surface area contributed by atoms with Crippen LogP contribution in [0.5, 0.6) is 5.75 Å². The van der Waals surface area contributed by atoms with E-state index in [0.717, 1.165) is 5.56 Å². The van der Waals surface area contributed by atoms with Crippen LogP contribution in [0.15, 0.2) is 42.5 Å². The van der Waals surface area contributed by atoms with E-state index in [1.165, 1.54) is 13.2 Å². The molecule has 0 heterocycles. The Bertz CT molecular complexity index is 600. The second kappa shape index (κ2) is 6.92. The van der Waals surface area contributed by atoms with Gasteiger partial charge in [0.2, 0.25) is 0 Å². The Kier molecular flexibility index (Phi) is 5.21. The summed E-state index contributed by atoms with van der Waals surface area (Å²) in [5.74, 6) is 0.256. The quantitative estimate of drug-likeness (QED) is 0.848. The maximum absolute atomic E-state index is 14.1. The van der Waals surface area contributed by atoms with Gasteiger partial charge in [-0.1, -0.05) is 29.8 Å². The molecule has 112 valence electrons. The summed E-state index contributed by atoms with van der Waals surface area (Å²) in [5, 5.41) is 4.09. The van der Waals surface area contributed by atoms with Crippen molar-refractivity contribution in [3.63, 3.8) is 0 Å². The average Bonchev–Trinajstić information content (AvgIpc) is 2.47. The van der Waals surface area contributed by atoms with Crippen LogP contribution < -0.4 is 10.1 Å². The summed E-state index contributed by atoms with van der Waals surface area (Å²) in [7, 11) is 1.53. The summed E-state index contributed by atoms with van der Waals surface area (Å²) >= 11 is 5.89. The van der Waals surface area contributed by atoms with Crippen LogP contribution in [0.4, 0.5) is 4.39 Å². The summed E-state index contributed by atoms with van der Waals surface area (Å²) in [6.07, 6.45) is 0. The monoisotopic (exact) mass is 307 g/mol. The van der Waals surface area contributed by atoms with E-state index in [1.54, 1.807) is 12.1 Å². The Morgan fingerprint density at radius 3 is 2.29 bits per heavy atom. The van der Waals surface area contributed by atoms with Gasteiger partial charge in [0.1, 0.15) is 11.6 Å². The maximum Gasteiger partial charge on any atom is 0.131 e. The molecule has 0 aliphatic rings. The highest BCUT2D eigenvalue weighted by Gasteiger charge is 2.15. The molecule has 0 bridgehead atoms. The van der Waals surface area contributed by atoms with Crippen molar-refractivity contribution < 1.29 is 9.13 Å². The van der Waals surface area contributed by atoms with Crippen LogP contribution in [0.3, 0.4) is 0 Å². The SMILES string of the molecule is COc1ccc(C(C)NC(C)c2ccc(Cl)cc2)c(F)c1. The first-order valence-electron chi connectivity index (χ1n) is 6.86. The van der Waals surface area contributed by atoms with Gasteiger partial charge >= 0.3 is 0 Å². The van der Waals surface area contributed by atoms with Crippen LogP contribution in [-0.4, -0.2) is 7.11 Å². The molecule has 0 fully saturated rings. The highest BCUT2D eigenvalue weighted by atomic mass is 35.5. The van der Waals surface area contributed by atoms with Crippen LogP contribution in [0.2, 0.25) is 5.02 Å². The Labute approximate surface area is 129 Å². The third-order valence-electron chi connectivity index (χ3n) is 3.54. The molecule has 0 spiro atoms. The average molecular weight is 308 g/mol. The Hall–Kier alpha value is -1.58. The molecule has 1 N–H and O–H groups in total. The third kappa shape index (κ3) is 3.96. The zero-order chi connectivity index (χ0) is 15.4. The molecule has 0 aromatic heterocycles. The van der Waals surface area contributed by atoms with E-state index in [1.807, 2.05) is 38.1 Å². The molecule has 2 aromatic carbocycles. The van der Waals surface area contributed by atoms with E-state index in [-0.39, 0.29) is 17.9 Å². The van der Waals surface area contributed by atoms with Crippen molar-refractivity contribution in [2.75, 3.05) is 7.11 Å². The van der Waals surface area contributed by atoms with Gasteiger partial charge in [0.25, 0.3) is 0 Å². The van der Waals surface area contributed by atoms with Crippen molar-refractivity contribution in [1.82, 2.24) is 5.32 Å². The van der Waals surface area contributed by atoms with E-state index >= 15 is 0 Å². The molecule has 0 amide bonds. The summed E-state index contributed by atoms with van der Waals surface area (Å²) in [6, 6.07) is 12.6. The lowest BCUT2D eigenvalue weighted by Gasteiger charge is -2.21. The van der Waals surface area contributed by atoms with Crippen molar-refractivity contribution in [1.29, 1.82) is 0 Å². The molecule has 2 atom stereocenters. The van der Waals surface area contributed by atoms with Gasteiger partial charge in [-0.25, -0.2) is 4.39 Å². The van der Waals surface area contributed by atoms with Crippen LogP contribution in [-0.2, 0) is 0 Å². The van der Waals surface area contributed by atoms with Crippen LogP contribution >= 0.6 is 11.6 Å². The van der Waals surface area contributed by atoms with Crippen molar-refractivity contribution >= 4 is 11.6 Å². The fraction of sp³-hybridized carbons (Fsp3) is 0.294. The smallest absolute Gasteiger partial charge is 0.131 e. The van der Waals surface area contributed by atoms with E-state index in [0.29, 0.717) is 16.3 Å². The van der Waals surface area contributed by atoms with Gasteiger partial charge in [-0.15, -0.1) is 0 Å². The predicted molar refractivity (Wildman–Crippen MR) is 84.4 cm³/mol. The molecule has 0 radical (unpaired) electrons. The fourth-order valence-corrected chi connectivity index (χ4v) is 2.42. The minimum absolute atomic E-state index is 0.0961. The van der Waals surface area contributed by atoms with Crippen LogP contribution in [0.25, 0.3) is 0 Å². The largest absolute Gasteiger partial charge is 0.497 e. The van der Waals surface area contributed by atoms with Gasteiger partial charge < -0.3 is 10.1 Å². The Balaban J connectivity index is 2.10. The number of halogens is 2. The zero-order valence-electron chi connectivity index (χ0n) is 12.4. The van der Waals surface area contributed by atoms with Gasteiger partial charge in [0.15, 0.2) is 0 Å². The summed E-state index contributed by atoms with van der Waals surface area (Å²) in [4.78, 5) is 0. The lowest BCUT2D eigenvalue weighted by atomic mass is 10.0. The van der Waals surface area contributed by atoms with Crippen LogP contribution in [0.1, 0.15) is 37.1 Å². The van der Waals surface area contributed by atoms with E-state index in [2.05, 4.69) is 5.32 Å². The number of ether oxygens (including phenoxy) is 1. The third-order valence-corrected chi connectivity index (χ3v) is 3.80. The van der Waals surface area contributed by atoms with Crippen molar-refractivity contribution in [2.45, 2.75) is 25.9 Å². The summed E-state index contributed by atoms with van der Waals surface area (Å²) < 4.78 is 19.1. The van der Waals surface area contributed by atoms with Crippen LogP contribution in [0, 0.1) is 5.82 Å². The van der Waals surface area contributed by atoms with E-state index in [4.69, 9.17) is 16.3 Å². The predicted octanol–water partition coefficient (Wildman–Crippen LogP) is 4.90. The molecule has 0 aliphatic carbocycles. The zero-order valence-corrected chi connectivity index (χ0v) is 13.1. The minimum atomic E-state index is -0.266. The molecule has 0 saturated carbocycles. The molecule has 0 aliphatic heterocycles. The number of rotatable bonds is 5. The molecule has 2 unspecified atom stereocenters. The highest BCUT2D eigenvalue weighted by molar-refractivity contribution is 6.30. The van der Waals surface area contributed by atoms with Gasteiger partial charge in [-0.3, -0.25) is 0 Å². The summed E-state index contributed by atoms with van der Waals surface area (Å²) in [6.45, 7) is 3.98. The van der Waals surface area contributed by atoms with Gasteiger partial charge in [-0.2, -0.15) is 0 Å². The summed E-state index contributed by atoms with van der Waals surface area (Å²) in [5.41, 5.74) is 1.73. The molecule has 2 aromatic rings. The maximum atomic E-state index is 14.1. The van der Waals surface area contributed by atoms with Gasteiger partial charge in [0.05, 0.1) is 7.11 Å². The Morgan fingerprint density at radius 1 is 1.05 bits per heavy atom. The van der Waals surface area contributed by atoms with Crippen molar-refractivity contribution in [3.8, 4) is 5.75 Å². The van der Waals surface area contributed by atoms with Gasteiger partial charge in [0, 0.05) is 28.7 Å². The van der Waals surface area contributed by atoms with Crippen molar-refractivity contribution in [3.05, 3.63) is 64.4 Å². The second-order valence-electron chi connectivity index (χ2n) is 5.05. The standard InChI is InChI=1S/C17H19ClFNO/c1-11(13-4-6-14(18)7-5-13)20-12(2)16-9-8-15(21-3)10-17(16)19/h4-12,20H,1-3H3. The molecule has 2 nitrogen and oxygen atoms in total. The lowest BCUT2D eigenvalue weighted by Crippen LogP contribution is -2.23. The Morgan fingerprint density at radius 2 is 1.71 bits per heavy atom. The molecule has 2 rings (SSSR count). The van der Waals surface area contributed by atoms with E-state index < -0.39 is 0 Å². The molecule has 0 saturated heterocycles. The highest BCUT2D eigenvalue weighted by Crippen LogP contribution is 2.25.